The number of aromatic nitrogens is 3. The Morgan fingerprint density at radius 2 is 1.94 bits per heavy atom. The third kappa shape index (κ3) is 4.96. The van der Waals surface area contributed by atoms with Crippen LogP contribution >= 0.6 is 11.3 Å². The SMILES string of the molecule is COc1ccc(NC(=O)Cn2cnc3nc(N(C)Cc4ccccc4)sc3c2=O)c(OC)c1. The number of anilines is 2. The highest BCUT2D eigenvalue weighted by Crippen LogP contribution is 2.29. The van der Waals surface area contributed by atoms with Gasteiger partial charge in [0, 0.05) is 19.7 Å². The van der Waals surface area contributed by atoms with Crippen LogP contribution in [0.15, 0.2) is 59.7 Å². The number of carbonyl (C=O) groups excluding carboxylic acids is 1. The Morgan fingerprint density at radius 1 is 1.15 bits per heavy atom. The van der Waals surface area contributed by atoms with Crippen molar-refractivity contribution in [2.45, 2.75) is 13.1 Å². The minimum absolute atomic E-state index is 0.190. The van der Waals surface area contributed by atoms with Crippen LogP contribution in [0.25, 0.3) is 10.3 Å². The van der Waals surface area contributed by atoms with Gasteiger partial charge in [0.25, 0.3) is 5.56 Å². The van der Waals surface area contributed by atoms with Crippen LogP contribution in [0.1, 0.15) is 5.56 Å². The van der Waals surface area contributed by atoms with E-state index >= 15 is 0 Å². The van der Waals surface area contributed by atoms with Crippen LogP contribution in [-0.2, 0) is 17.9 Å². The van der Waals surface area contributed by atoms with E-state index in [1.807, 2.05) is 42.3 Å². The molecule has 1 N–H and O–H groups in total. The lowest BCUT2D eigenvalue weighted by atomic mass is 10.2. The molecule has 2 aromatic carbocycles. The number of amides is 1. The molecule has 170 valence electrons. The Kier molecular flexibility index (Phi) is 6.55. The van der Waals surface area contributed by atoms with Crippen LogP contribution in [0.5, 0.6) is 11.5 Å². The first kappa shape index (κ1) is 22.3. The molecule has 2 aromatic heterocycles. The van der Waals surface area contributed by atoms with Gasteiger partial charge in [0.2, 0.25) is 5.91 Å². The maximum atomic E-state index is 13.0. The fourth-order valence-corrected chi connectivity index (χ4v) is 4.21. The third-order valence-corrected chi connectivity index (χ3v) is 6.11. The predicted molar refractivity (Wildman–Crippen MR) is 128 cm³/mol. The van der Waals surface area contributed by atoms with E-state index in [2.05, 4.69) is 15.3 Å². The molecule has 0 radical (unpaired) electrons. The molecule has 0 spiro atoms. The van der Waals surface area contributed by atoms with Gasteiger partial charge in [-0.15, -0.1) is 0 Å². The van der Waals surface area contributed by atoms with Gasteiger partial charge in [-0.1, -0.05) is 41.7 Å². The standard InChI is InChI=1S/C23H23N5O4S/c1-27(12-15-7-5-4-6-8-15)23-26-21-20(33-23)22(30)28(14-24-21)13-19(29)25-17-10-9-16(31-2)11-18(17)32-3/h4-11,14H,12-13H2,1-3H3,(H,25,29). The number of nitrogens with one attached hydrogen (secondary N) is 1. The summed E-state index contributed by atoms with van der Waals surface area (Å²) in [5.41, 5.74) is 1.67. The zero-order valence-corrected chi connectivity index (χ0v) is 19.3. The Hall–Kier alpha value is -3.92. The summed E-state index contributed by atoms with van der Waals surface area (Å²) in [5, 5.41) is 3.44. The molecular weight excluding hydrogens is 442 g/mol. The second-order valence-corrected chi connectivity index (χ2v) is 8.26. The normalized spacial score (nSPS) is 10.8. The molecule has 0 atom stereocenters. The number of thiazole rings is 1. The smallest absolute Gasteiger partial charge is 0.273 e. The van der Waals surface area contributed by atoms with E-state index in [1.165, 1.54) is 29.3 Å². The first-order valence-electron chi connectivity index (χ1n) is 10.1. The Morgan fingerprint density at radius 3 is 2.67 bits per heavy atom. The van der Waals surface area contributed by atoms with Crippen molar-refractivity contribution in [2.75, 3.05) is 31.5 Å². The van der Waals surface area contributed by atoms with E-state index in [0.717, 1.165) is 5.56 Å². The lowest BCUT2D eigenvalue weighted by Gasteiger charge is -2.15. The zero-order chi connectivity index (χ0) is 23.4. The number of nitrogens with zero attached hydrogens (tertiary/aromatic N) is 4. The van der Waals surface area contributed by atoms with E-state index in [9.17, 15) is 9.59 Å². The van der Waals surface area contributed by atoms with E-state index in [1.54, 1.807) is 25.3 Å². The average molecular weight is 466 g/mol. The molecule has 1 amide bonds. The van der Waals surface area contributed by atoms with Gasteiger partial charge in [0.15, 0.2) is 10.8 Å². The Labute approximate surface area is 194 Å². The summed E-state index contributed by atoms with van der Waals surface area (Å²) in [6, 6.07) is 15.1. The number of methoxy groups -OCH3 is 2. The largest absolute Gasteiger partial charge is 0.497 e. The second-order valence-electron chi connectivity index (χ2n) is 7.28. The van der Waals surface area contributed by atoms with Gasteiger partial charge < -0.3 is 19.7 Å². The Bertz CT molecular complexity index is 1340. The van der Waals surface area contributed by atoms with Crippen molar-refractivity contribution in [3.8, 4) is 11.5 Å². The van der Waals surface area contributed by atoms with Crippen molar-refractivity contribution < 1.29 is 14.3 Å². The molecular formula is C23H23N5O4S. The number of hydrogen-bond acceptors (Lipinski definition) is 8. The van der Waals surface area contributed by atoms with Crippen molar-refractivity contribution in [3.63, 3.8) is 0 Å². The van der Waals surface area contributed by atoms with Gasteiger partial charge in [0.1, 0.15) is 29.1 Å². The maximum absolute atomic E-state index is 13.0. The number of rotatable bonds is 8. The Balaban J connectivity index is 1.51. The van der Waals surface area contributed by atoms with Crippen LogP contribution in [0, 0.1) is 0 Å². The monoisotopic (exact) mass is 465 g/mol. The maximum Gasteiger partial charge on any atom is 0.273 e. The third-order valence-electron chi connectivity index (χ3n) is 4.96. The minimum Gasteiger partial charge on any atom is -0.497 e. The fourth-order valence-electron chi connectivity index (χ4n) is 3.28. The molecule has 0 unspecified atom stereocenters. The van der Waals surface area contributed by atoms with Crippen LogP contribution in [0.3, 0.4) is 0 Å². The van der Waals surface area contributed by atoms with E-state index < -0.39 is 0 Å². The van der Waals surface area contributed by atoms with Crippen LogP contribution < -0.4 is 25.2 Å². The van der Waals surface area contributed by atoms with Gasteiger partial charge >= 0.3 is 0 Å². The predicted octanol–water partition coefficient (Wildman–Crippen LogP) is 3.15. The quantitative estimate of drug-likeness (QED) is 0.427. The fraction of sp³-hybridized carbons (Fsp3) is 0.217. The average Bonchev–Trinajstić information content (AvgIpc) is 3.27. The summed E-state index contributed by atoms with van der Waals surface area (Å²) < 4.78 is 12.1. The van der Waals surface area contributed by atoms with E-state index in [-0.39, 0.29) is 18.0 Å². The summed E-state index contributed by atoms with van der Waals surface area (Å²) in [5.74, 6) is 0.679. The van der Waals surface area contributed by atoms with Crippen LogP contribution in [0.4, 0.5) is 10.8 Å². The van der Waals surface area contributed by atoms with Gasteiger partial charge in [-0.3, -0.25) is 14.2 Å². The number of benzene rings is 2. The molecule has 0 fully saturated rings. The van der Waals surface area contributed by atoms with E-state index in [0.29, 0.717) is 39.2 Å². The van der Waals surface area contributed by atoms with Crippen molar-refractivity contribution in [1.82, 2.24) is 14.5 Å². The highest BCUT2D eigenvalue weighted by Gasteiger charge is 2.16. The molecule has 0 saturated carbocycles. The molecule has 0 aliphatic carbocycles. The summed E-state index contributed by atoms with van der Waals surface area (Å²) in [6.07, 6.45) is 1.34. The van der Waals surface area contributed by atoms with Crippen molar-refractivity contribution >= 4 is 38.4 Å². The molecule has 0 saturated heterocycles. The lowest BCUT2D eigenvalue weighted by Crippen LogP contribution is -2.27. The second kappa shape index (κ2) is 9.70. The molecule has 0 bridgehead atoms. The van der Waals surface area contributed by atoms with Crippen molar-refractivity contribution in [1.29, 1.82) is 0 Å². The molecule has 9 nitrogen and oxygen atoms in total. The number of ether oxygens (including phenoxy) is 2. The van der Waals surface area contributed by atoms with Crippen molar-refractivity contribution in [3.05, 3.63) is 70.8 Å². The molecule has 4 aromatic rings. The molecule has 2 heterocycles. The highest BCUT2D eigenvalue weighted by molar-refractivity contribution is 7.22. The minimum atomic E-state index is -0.382. The molecule has 0 aliphatic rings. The van der Waals surface area contributed by atoms with Gasteiger partial charge in [-0.25, -0.2) is 4.98 Å². The first-order chi connectivity index (χ1) is 16.0. The van der Waals surface area contributed by atoms with E-state index in [4.69, 9.17) is 9.47 Å². The van der Waals surface area contributed by atoms with Gasteiger partial charge in [0.05, 0.1) is 19.9 Å². The van der Waals surface area contributed by atoms with Gasteiger partial charge in [-0.2, -0.15) is 4.98 Å². The molecule has 0 aliphatic heterocycles. The summed E-state index contributed by atoms with van der Waals surface area (Å²) in [7, 11) is 4.97. The summed E-state index contributed by atoms with van der Waals surface area (Å²) in [4.78, 5) is 36.3. The van der Waals surface area contributed by atoms with Crippen LogP contribution in [0.2, 0.25) is 0 Å². The van der Waals surface area contributed by atoms with Gasteiger partial charge in [-0.05, 0) is 17.7 Å². The number of carbonyl (C=O) groups is 1. The molecule has 4 rings (SSSR count). The lowest BCUT2D eigenvalue weighted by molar-refractivity contribution is -0.116. The van der Waals surface area contributed by atoms with Crippen LogP contribution in [-0.4, -0.2) is 41.7 Å². The molecule has 33 heavy (non-hydrogen) atoms. The molecule has 10 heteroatoms. The first-order valence-corrected chi connectivity index (χ1v) is 10.9. The summed E-state index contributed by atoms with van der Waals surface area (Å²) >= 11 is 1.26. The topological polar surface area (TPSA) is 98.6 Å². The zero-order valence-electron chi connectivity index (χ0n) is 18.4. The highest BCUT2D eigenvalue weighted by atomic mass is 32.1. The summed E-state index contributed by atoms with van der Waals surface area (Å²) in [6.45, 7) is 0.463. The number of fused-ring (bicyclic) bond motifs is 1. The van der Waals surface area contributed by atoms with Crippen molar-refractivity contribution in [2.24, 2.45) is 0 Å². The number of hydrogen-bond donors (Lipinski definition) is 1.